The first-order valence-corrected chi connectivity index (χ1v) is 13.9. The Balaban J connectivity index is 1.54. The van der Waals surface area contributed by atoms with Gasteiger partial charge in [0.25, 0.3) is 0 Å². The molecule has 2 aliphatic heterocycles. The molecule has 2 aromatic rings. The van der Waals surface area contributed by atoms with Gasteiger partial charge in [-0.1, -0.05) is 42.0 Å². The zero-order valence-electron chi connectivity index (χ0n) is 23.8. The van der Waals surface area contributed by atoms with Crippen molar-refractivity contribution in [1.82, 2.24) is 24.9 Å². The molecule has 2 fully saturated rings. The fraction of sp³-hybridized carbons (Fsp3) is 0.500. The first kappa shape index (κ1) is 30.4. The number of urea groups is 1. The zero-order valence-corrected chi connectivity index (χ0v) is 23.8. The molecule has 1 N–H and O–H groups in total. The molecule has 0 unspecified atom stereocenters. The Bertz CT molecular complexity index is 1240. The van der Waals surface area contributed by atoms with E-state index >= 15 is 0 Å². The quantitative estimate of drug-likeness (QED) is 0.456. The largest absolute Gasteiger partial charge is 0.416 e. The first-order chi connectivity index (χ1) is 19.4. The van der Waals surface area contributed by atoms with Crippen LogP contribution in [0, 0.1) is 6.92 Å². The molecule has 2 heterocycles. The lowest BCUT2D eigenvalue weighted by molar-refractivity contribution is -0.167. The van der Waals surface area contributed by atoms with Gasteiger partial charge < -0.3 is 24.9 Å². The maximum atomic E-state index is 13.7. The van der Waals surface area contributed by atoms with E-state index in [0.29, 0.717) is 24.1 Å². The molecule has 0 saturated carbocycles. The van der Waals surface area contributed by atoms with E-state index in [1.807, 2.05) is 44.4 Å². The van der Waals surface area contributed by atoms with Crippen LogP contribution in [-0.2, 0) is 28.9 Å². The molecule has 0 aliphatic carbocycles. The molecule has 8 nitrogen and oxygen atoms in total. The summed E-state index contributed by atoms with van der Waals surface area (Å²) in [5.41, 5.74) is 0.951. The van der Waals surface area contributed by atoms with Crippen molar-refractivity contribution in [3.8, 4) is 0 Å². The second-order valence-corrected chi connectivity index (χ2v) is 11.1. The van der Waals surface area contributed by atoms with Crippen molar-refractivity contribution in [3.05, 3.63) is 70.8 Å². The Morgan fingerprint density at radius 3 is 2.46 bits per heavy atom. The van der Waals surface area contributed by atoms with E-state index in [-0.39, 0.29) is 37.9 Å². The van der Waals surface area contributed by atoms with Crippen LogP contribution >= 0.6 is 0 Å². The van der Waals surface area contributed by atoms with E-state index in [4.69, 9.17) is 0 Å². The van der Waals surface area contributed by atoms with E-state index in [9.17, 15) is 27.6 Å². The lowest BCUT2D eigenvalue weighted by Gasteiger charge is -2.52. The van der Waals surface area contributed by atoms with Crippen LogP contribution in [0.5, 0.6) is 0 Å². The molecule has 11 heteroatoms. The van der Waals surface area contributed by atoms with Gasteiger partial charge >= 0.3 is 12.2 Å². The molecule has 41 heavy (non-hydrogen) atoms. The van der Waals surface area contributed by atoms with Gasteiger partial charge in [0.05, 0.1) is 12.1 Å². The molecular weight excluding hydrogens is 535 g/mol. The summed E-state index contributed by atoms with van der Waals surface area (Å²) >= 11 is 0. The van der Waals surface area contributed by atoms with Gasteiger partial charge in [-0.05, 0) is 70.1 Å². The Hall–Kier alpha value is -3.60. The van der Waals surface area contributed by atoms with Crippen LogP contribution in [0.15, 0.2) is 48.5 Å². The maximum Gasteiger partial charge on any atom is 0.416 e. The number of hydrogen-bond acceptors (Lipinski definition) is 4. The van der Waals surface area contributed by atoms with Crippen molar-refractivity contribution in [2.75, 3.05) is 33.7 Å². The van der Waals surface area contributed by atoms with E-state index in [0.717, 1.165) is 37.1 Å². The summed E-state index contributed by atoms with van der Waals surface area (Å²) in [6, 6.07) is 12.1. The first-order valence-electron chi connectivity index (χ1n) is 13.9. The molecular formula is C30H38F3N5O3. The third-order valence-corrected chi connectivity index (χ3v) is 7.57. The normalized spacial score (nSPS) is 19.5. The Labute approximate surface area is 239 Å². The van der Waals surface area contributed by atoms with Crippen LogP contribution in [0.4, 0.5) is 18.0 Å². The predicted molar refractivity (Wildman–Crippen MR) is 148 cm³/mol. The summed E-state index contributed by atoms with van der Waals surface area (Å²) in [7, 11) is 3.96. The number of alkyl halides is 3. The zero-order chi connectivity index (χ0) is 29.7. The topological polar surface area (TPSA) is 76.2 Å². The minimum absolute atomic E-state index is 0.0761. The van der Waals surface area contributed by atoms with E-state index < -0.39 is 30.0 Å². The maximum absolute atomic E-state index is 13.7. The summed E-state index contributed by atoms with van der Waals surface area (Å²) in [5.74, 6) is -0.303. The molecule has 2 aromatic carbocycles. The highest BCUT2D eigenvalue weighted by molar-refractivity contribution is 5.91. The molecule has 2 saturated heterocycles. The average molecular weight is 574 g/mol. The van der Waals surface area contributed by atoms with Crippen LogP contribution in [0.25, 0.3) is 0 Å². The van der Waals surface area contributed by atoms with Crippen molar-refractivity contribution in [2.45, 2.75) is 64.1 Å². The summed E-state index contributed by atoms with van der Waals surface area (Å²) in [4.78, 5) is 47.2. The number of aryl methyl sites for hydroxylation is 1. The van der Waals surface area contributed by atoms with Gasteiger partial charge in [-0.3, -0.25) is 9.59 Å². The van der Waals surface area contributed by atoms with E-state index in [1.54, 1.807) is 27.7 Å². The Kier molecular flexibility index (Phi) is 9.57. The van der Waals surface area contributed by atoms with Crippen molar-refractivity contribution >= 4 is 17.8 Å². The number of carbonyl (C=O) groups is 3. The number of fused-ring (bicyclic) bond motifs is 1. The van der Waals surface area contributed by atoms with E-state index in [2.05, 4.69) is 10.2 Å². The number of hydrogen-bond donors (Lipinski definition) is 1. The predicted octanol–water partition coefficient (Wildman–Crippen LogP) is 4.23. The van der Waals surface area contributed by atoms with Crippen molar-refractivity contribution < 1.29 is 27.6 Å². The van der Waals surface area contributed by atoms with Crippen LogP contribution in [-0.4, -0.2) is 83.4 Å². The van der Waals surface area contributed by atoms with Gasteiger partial charge in [0.1, 0.15) is 12.2 Å². The van der Waals surface area contributed by atoms with Crippen molar-refractivity contribution in [3.63, 3.8) is 0 Å². The molecule has 2 atom stereocenters. The molecule has 4 amide bonds. The van der Waals surface area contributed by atoms with Crippen molar-refractivity contribution in [2.24, 2.45) is 0 Å². The number of halogens is 3. The van der Waals surface area contributed by atoms with Gasteiger partial charge in [0.15, 0.2) is 0 Å². The molecule has 0 bridgehead atoms. The monoisotopic (exact) mass is 573 g/mol. The summed E-state index contributed by atoms with van der Waals surface area (Å²) < 4.78 is 39.9. The van der Waals surface area contributed by atoms with Crippen LogP contribution in [0.1, 0.15) is 47.9 Å². The highest BCUT2D eigenvalue weighted by atomic mass is 19.4. The van der Waals surface area contributed by atoms with E-state index in [1.165, 1.54) is 0 Å². The fourth-order valence-corrected chi connectivity index (χ4v) is 5.61. The molecule has 0 aromatic heterocycles. The third kappa shape index (κ3) is 7.58. The number of nitrogens with one attached hydrogen (secondary N) is 1. The Morgan fingerprint density at radius 2 is 1.78 bits per heavy atom. The van der Waals surface area contributed by atoms with Gasteiger partial charge in [-0.2, -0.15) is 13.2 Å². The summed E-state index contributed by atoms with van der Waals surface area (Å²) in [6.07, 6.45) is -2.99. The van der Waals surface area contributed by atoms with Crippen LogP contribution in [0.2, 0.25) is 0 Å². The van der Waals surface area contributed by atoms with Gasteiger partial charge in [0.2, 0.25) is 11.8 Å². The third-order valence-electron chi connectivity index (χ3n) is 7.57. The number of piperazine rings is 1. The standard InChI is InChI=1S/C30H38F3N5O3/c1-21-15-23(17-24(16-21)30(31,32)33)18-34-29(41)37-14-12-27(39)38-25(11-7-8-13-35(2)3)28(40)36(20-26(37)38)19-22-9-5-4-6-10-22/h4-6,9-10,15-17,25-26H,7-8,11-14,18-20H2,1-3H3,(H,34,41)/t25-,26+/m0/s1. The molecule has 0 radical (unpaired) electrons. The molecule has 222 valence electrons. The minimum atomic E-state index is -4.49. The highest BCUT2D eigenvalue weighted by Crippen LogP contribution is 2.31. The number of amides is 4. The number of nitrogens with zero attached hydrogens (tertiary/aromatic N) is 4. The number of rotatable bonds is 9. The number of benzene rings is 2. The van der Waals surface area contributed by atoms with Crippen LogP contribution < -0.4 is 5.32 Å². The van der Waals surface area contributed by atoms with Crippen LogP contribution in [0.3, 0.4) is 0 Å². The molecule has 2 aliphatic rings. The van der Waals surface area contributed by atoms with Gasteiger partial charge in [-0.15, -0.1) is 0 Å². The smallest absolute Gasteiger partial charge is 0.334 e. The fourth-order valence-electron chi connectivity index (χ4n) is 5.61. The number of carbonyl (C=O) groups excluding carboxylic acids is 3. The number of unbranched alkanes of at least 4 members (excludes halogenated alkanes) is 1. The van der Waals surface area contributed by atoms with Gasteiger partial charge in [0, 0.05) is 26.1 Å². The average Bonchev–Trinajstić information content (AvgIpc) is 2.91. The summed E-state index contributed by atoms with van der Waals surface area (Å²) in [5, 5.41) is 2.75. The van der Waals surface area contributed by atoms with Gasteiger partial charge in [-0.25, -0.2) is 4.79 Å². The second-order valence-electron chi connectivity index (χ2n) is 11.1. The Morgan fingerprint density at radius 1 is 1.05 bits per heavy atom. The SMILES string of the molecule is Cc1cc(CNC(=O)N2CCC(=O)N3[C@@H]2CN(Cc2ccccc2)C(=O)[C@@H]3CCCCN(C)C)cc(C(F)(F)F)c1. The van der Waals surface area contributed by atoms with Crippen molar-refractivity contribution in [1.29, 1.82) is 0 Å². The summed E-state index contributed by atoms with van der Waals surface area (Å²) in [6.45, 7) is 3.01. The highest BCUT2D eigenvalue weighted by Gasteiger charge is 2.48. The molecule has 0 spiro atoms. The second kappa shape index (κ2) is 12.9. The molecule has 4 rings (SSSR count). The lowest BCUT2D eigenvalue weighted by atomic mass is 9.98. The lowest BCUT2D eigenvalue weighted by Crippen LogP contribution is -2.71. The minimum Gasteiger partial charge on any atom is -0.334 e.